The minimum absolute atomic E-state index is 0.180. The highest BCUT2D eigenvalue weighted by Crippen LogP contribution is 2.50. The van der Waals surface area contributed by atoms with E-state index in [9.17, 15) is 0 Å². The van der Waals surface area contributed by atoms with E-state index in [0.717, 1.165) is 0 Å². The van der Waals surface area contributed by atoms with Gasteiger partial charge < -0.3 is 0 Å². The molecule has 4 atom stereocenters. The second kappa shape index (κ2) is 4.19. The highest BCUT2D eigenvalue weighted by Gasteiger charge is 2.48. The van der Waals surface area contributed by atoms with Crippen LogP contribution in [0.1, 0.15) is 20.3 Å². The van der Waals surface area contributed by atoms with Crippen molar-refractivity contribution in [2.45, 2.75) is 35.5 Å². The third kappa shape index (κ3) is 1.76. The van der Waals surface area contributed by atoms with Crippen molar-refractivity contribution in [1.82, 2.24) is 0 Å². The number of hydrogen-bond donors (Lipinski definition) is 1. The van der Waals surface area contributed by atoms with Gasteiger partial charge in [0.15, 0.2) is 0 Å². The van der Waals surface area contributed by atoms with Crippen LogP contribution in [0, 0.1) is 5.92 Å². The SMILES string of the molecule is CC1SCC(C2(S)CCSC2C)C1=S. The molecule has 0 N–H and O–H groups in total. The van der Waals surface area contributed by atoms with Crippen molar-refractivity contribution in [3.63, 3.8) is 0 Å². The van der Waals surface area contributed by atoms with Crippen LogP contribution < -0.4 is 0 Å². The molecule has 2 rings (SSSR count). The summed E-state index contributed by atoms with van der Waals surface area (Å²) in [6.45, 7) is 4.54. The van der Waals surface area contributed by atoms with Crippen molar-refractivity contribution in [1.29, 1.82) is 0 Å². The molecule has 0 radical (unpaired) electrons. The molecule has 2 aliphatic heterocycles. The molecule has 4 unspecified atom stereocenters. The maximum Gasteiger partial charge on any atom is 0.0336 e. The maximum atomic E-state index is 5.55. The Labute approximate surface area is 106 Å². The number of thiocarbonyl (C=S) groups is 1. The van der Waals surface area contributed by atoms with Crippen LogP contribution >= 0.6 is 48.4 Å². The molecule has 0 aliphatic carbocycles. The third-order valence-corrected chi connectivity index (χ3v) is 7.96. The fraction of sp³-hybridized carbons (Fsp3) is 0.900. The summed E-state index contributed by atoms with van der Waals surface area (Å²) in [7, 11) is 0. The van der Waals surface area contributed by atoms with Crippen LogP contribution in [0.5, 0.6) is 0 Å². The number of thioether (sulfide) groups is 2. The standard InChI is InChI=1S/C10H16S4/c1-6-9(11)8(5-14-6)10(12)3-4-13-7(10)2/h6-8,12H,3-5H2,1-2H3. The van der Waals surface area contributed by atoms with Gasteiger partial charge in [0, 0.05) is 31.8 Å². The van der Waals surface area contributed by atoms with E-state index in [2.05, 4.69) is 13.8 Å². The van der Waals surface area contributed by atoms with Gasteiger partial charge in [0.1, 0.15) is 0 Å². The lowest BCUT2D eigenvalue weighted by molar-refractivity contribution is 0.513. The molecule has 0 aromatic carbocycles. The summed E-state index contributed by atoms with van der Waals surface area (Å²) in [6.07, 6.45) is 1.22. The monoisotopic (exact) mass is 264 g/mol. The summed E-state index contributed by atoms with van der Waals surface area (Å²) in [5.74, 6) is 3.00. The molecule has 2 aliphatic rings. The smallest absolute Gasteiger partial charge is 0.0336 e. The molecule has 14 heavy (non-hydrogen) atoms. The Morgan fingerprint density at radius 2 is 2.14 bits per heavy atom. The van der Waals surface area contributed by atoms with Crippen molar-refractivity contribution in [3.8, 4) is 0 Å². The molecule has 0 saturated carbocycles. The fourth-order valence-electron chi connectivity index (χ4n) is 2.28. The average Bonchev–Trinajstić information content (AvgIpc) is 2.62. The predicted octanol–water partition coefficient (Wildman–Crippen LogP) is 3.30. The highest BCUT2D eigenvalue weighted by molar-refractivity contribution is 8.03. The van der Waals surface area contributed by atoms with Crippen LogP contribution in [0.2, 0.25) is 0 Å². The Hall–Kier alpha value is 1.14. The van der Waals surface area contributed by atoms with Gasteiger partial charge in [-0.15, -0.1) is 0 Å². The first-order chi connectivity index (χ1) is 6.55. The normalized spacial score (nSPS) is 48.8. The Kier molecular flexibility index (Phi) is 3.48. The van der Waals surface area contributed by atoms with Gasteiger partial charge in [0.2, 0.25) is 0 Å². The van der Waals surface area contributed by atoms with Crippen molar-refractivity contribution in [2.24, 2.45) is 5.92 Å². The largest absolute Gasteiger partial charge is 0.171 e. The molecule has 0 nitrogen and oxygen atoms in total. The van der Waals surface area contributed by atoms with Gasteiger partial charge in [0.05, 0.1) is 0 Å². The van der Waals surface area contributed by atoms with E-state index in [1.807, 2.05) is 23.5 Å². The molecule has 80 valence electrons. The lowest BCUT2D eigenvalue weighted by Gasteiger charge is -2.33. The second-order valence-corrected chi connectivity index (χ2v) is 8.31. The predicted molar refractivity (Wildman–Crippen MR) is 76.3 cm³/mol. The van der Waals surface area contributed by atoms with Crippen molar-refractivity contribution >= 4 is 53.2 Å². The Morgan fingerprint density at radius 3 is 2.57 bits per heavy atom. The Bertz CT molecular complexity index is 253. The van der Waals surface area contributed by atoms with Gasteiger partial charge in [-0.25, -0.2) is 0 Å². The summed E-state index contributed by atoms with van der Waals surface area (Å²) in [5, 5.41) is 1.22. The van der Waals surface area contributed by atoms with E-state index >= 15 is 0 Å². The quantitative estimate of drug-likeness (QED) is 0.570. The topological polar surface area (TPSA) is 0 Å². The molecule has 0 bridgehead atoms. The summed E-state index contributed by atoms with van der Waals surface area (Å²) < 4.78 is 0.180. The fourth-order valence-corrected chi connectivity index (χ4v) is 6.48. The lowest BCUT2D eigenvalue weighted by Crippen LogP contribution is -2.41. The zero-order chi connectivity index (χ0) is 10.3. The zero-order valence-corrected chi connectivity index (χ0v) is 11.9. The number of thiol groups is 1. The molecule has 2 saturated heterocycles. The molecule has 0 aromatic heterocycles. The number of rotatable bonds is 1. The molecule has 4 heteroatoms. The van der Waals surface area contributed by atoms with Crippen LogP contribution in [0.3, 0.4) is 0 Å². The highest BCUT2D eigenvalue weighted by atomic mass is 32.2. The first-order valence-electron chi connectivity index (χ1n) is 5.05. The second-order valence-electron chi connectivity index (χ2n) is 4.18. The first-order valence-corrected chi connectivity index (χ1v) is 8.00. The van der Waals surface area contributed by atoms with Crippen LogP contribution in [0.15, 0.2) is 0 Å². The molecule has 2 fully saturated rings. The van der Waals surface area contributed by atoms with Crippen molar-refractivity contribution in [2.75, 3.05) is 11.5 Å². The summed E-state index contributed by atoms with van der Waals surface area (Å²) in [4.78, 5) is 1.26. The third-order valence-electron chi connectivity index (χ3n) is 3.43. The molecular weight excluding hydrogens is 248 g/mol. The minimum atomic E-state index is 0.180. The molecule has 0 spiro atoms. The zero-order valence-electron chi connectivity index (χ0n) is 8.53. The van der Waals surface area contributed by atoms with E-state index in [1.165, 1.54) is 22.8 Å². The average molecular weight is 265 g/mol. The van der Waals surface area contributed by atoms with E-state index in [1.54, 1.807) is 0 Å². The van der Waals surface area contributed by atoms with E-state index in [-0.39, 0.29) is 4.75 Å². The van der Waals surface area contributed by atoms with Gasteiger partial charge in [-0.05, 0) is 19.1 Å². The van der Waals surface area contributed by atoms with Gasteiger partial charge in [-0.2, -0.15) is 36.2 Å². The van der Waals surface area contributed by atoms with Gasteiger partial charge in [0.25, 0.3) is 0 Å². The summed E-state index contributed by atoms with van der Waals surface area (Å²) >= 11 is 14.5. The van der Waals surface area contributed by atoms with E-state index in [4.69, 9.17) is 24.8 Å². The number of hydrogen-bond acceptors (Lipinski definition) is 4. The van der Waals surface area contributed by atoms with Crippen LogP contribution in [-0.2, 0) is 0 Å². The first kappa shape index (κ1) is 11.6. The van der Waals surface area contributed by atoms with Gasteiger partial charge in [-0.1, -0.05) is 19.1 Å². The molecule has 2 heterocycles. The molecule has 0 aromatic rings. The Morgan fingerprint density at radius 1 is 1.43 bits per heavy atom. The maximum absolute atomic E-state index is 5.55. The van der Waals surface area contributed by atoms with Crippen molar-refractivity contribution < 1.29 is 0 Å². The van der Waals surface area contributed by atoms with Crippen molar-refractivity contribution in [3.05, 3.63) is 0 Å². The Balaban J connectivity index is 2.18. The minimum Gasteiger partial charge on any atom is -0.171 e. The molecular formula is C10H16S4. The van der Waals surface area contributed by atoms with Gasteiger partial charge in [-0.3, -0.25) is 0 Å². The van der Waals surface area contributed by atoms with E-state index in [0.29, 0.717) is 16.4 Å². The summed E-state index contributed by atoms with van der Waals surface area (Å²) in [6, 6.07) is 0. The molecule has 0 amide bonds. The lowest BCUT2D eigenvalue weighted by atomic mass is 9.85. The van der Waals surface area contributed by atoms with E-state index < -0.39 is 0 Å². The van der Waals surface area contributed by atoms with Crippen LogP contribution in [-0.4, -0.2) is 31.6 Å². The summed E-state index contributed by atoms with van der Waals surface area (Å²) in [5.41, 5.74) is 0. The van der Waals surface area contributed by atoms with Crippen LogP contribution in [0.25, 0.3) is 0 Å². The van der Waals surface area contributed by atoms with Crippen LogP contribution in [0.4, 0.5) is 0 Å². The van der Waals surface area contributed by atoms with Gasteiger partial charge >= 0.3 is 0 Å².